The highest BCUT2D eigenvalue weighted by Crippen LogP contribution is 2.36. The van der Waals surface area contributed by atoms with Gasteiger partial charge >= 0.3 is 0 Å². The number of anilines is 1. The molecule has 1 saturated heterocycles. The predicted molar refractivity (Wildman–Crippen MR) is 119 cm³/mol. The van der Waals surface area contributed by atoms with Crippen molar-refractivity contribution >= 4 is 16.0 Å². The van der Waals surface area contributed by atoms with Gasteiger partial charge in [-0.2, -0.15) is 17.0 Å². The molecule has 0 unspecified atom stereocenters. The molecule has 0 aliphatic carbocycles. The van der Waals surface area contributed by atoms with Crippen molar-refractivity contribution in [3.63, 3.8) is 0 Å². The molecule has 1 atom stereocenters. The average Bonchev–Trinajstić information content (AvgIpc) is 3.24. The van der Waals surface area contributed by atoms with Crippen LogP contribution in [0.4, 0.5) is 5.82 Å². The Morgan fingerprint density at radius 2 is 1.87 bits per heavy atom. The summed E-state index contributed by atoms with van der Waals surface area (Å²) in [5.74, 6) is 1.63. The van der Waals surface area contributed by atoms with Gasteiger partial charge in [0.05, 0.1) is 6.04 Å². The SMILES string of the molecule is Cc1nc([C@H]2CCCN2S(=O)(=O)N(C)C)nc2c1CCCN2CCc1ccccc1. The van der Waals surface area contributed by atoms with Gasteiger partial charge in [0.15, 0.2) is 0 Å². The van der Waals surface area contributed by atoms with E-state index in [1.165, 1.54) is 15.4 Å². The minimum Gasteiger partial charge on any atom is -0.356 e. The Balaban J connectivity index is 1.63. The molecule has 0 bridgehead atoms. The topological polar surface area (TPSA) is 69.6 Å². The van der Waals surface area contributed by atoms with Crippen LogP contribution in [0.25, 0.3) is 0 Å². The van der Waals surface area contributed by atoms with E-state index in [0.717, 1.165) is 56.7 Å². The lowest BCUT2D eigenvalue weighted by atomic mass is 10.0. The molecule has 0 spiro atoms. The first-order valence-corrected chi connectivity index (χ1v) is 12.1. The maximum Gasteiger partial charge on any atom is 0.282 e. The van der Waals surface area contributed by atoms with Gasteiger partial charge in [-0.15, -0.1) is 0 Å². The second kappa shape index (κ2) is 8.61. The molecule has 1 fully saturated rings. The molecule has 0 N–H and O–H groups in total. The molecule has 0 saturated carbocycles. The number of hydrogen-bond acceptors (Lipinski definition) is 5. The van der Waals surface area contributed by atoms with Gasteiger partial charge in [-0.05, 0) is 44.6 Å². The van der Waals surface area contributed by atoms with Crippen LogP contribution in [-0.4, -0.2) is 60.7 Å². The van der Waals surface area contributed by atoms with E-state index >= 15 is 0 Å². The third kappa shape index (κ3) is 4.08. The van der Waals surface area contributed by atoms with Crippen LogP contribution in [0.5, 0.6) is 0 Å². The minimum absolute atomic E-state index is 0.292. The summed E-state index contributed by atoms with van der Waals surface area (Å²) >= 11 is 0. The Morgan fingerprint density at radius 3 is 2.60 bits per heavy atom. The van der Waals surface area contributed by atoms with Crippen molar-refractivity contribution < 1.29 is 8.42 Å². The second-order valence-corrected chi connectivity index (χ2v) is 10.4. The molecule has 2 aliphatic rings. The Hall–Kier alpha value is -2.03. The normalized spacial score (nSPS) is 20.0. The van der Waals surface area contributed by atoms with Gasteiger partial charge in [0.2, 0.25) is 0 Å². The maximum absolute atomic E-state index is 12.8. The molecule has 3 heterocycles. The average molecular weight is 430 g/mol. The van der Waals surface area contributed by atoms with Crippen molar-refractivity contribution in [2.75, 3.05) is 38.6 Å². The second-order valence-electron chi connectivity index (χ2n) is 8.35. The van der Waals surface area contributed by atoms with E-state index < -0.39 is 10.2 Å². The summed E-state index contributed by atoms with van der Waals surface area (Å²) in [6.07, 6.45) is 4.62. The largest absolute Gasteiger partial charge is 0.356 e. The lowest BCUT2D eigenvalue weighted by Gasteiger charge is -2.32. The van der Waals surface area contributed by atoms with Gasteiger partial charge in [-0.3, -0.25) is 0 Å². The zero-order chi connectivity index (χ0) is 21.3. The van der Waals surface area contributed by atoms with Crippen LogP contribution in [-0.2, 0) is 23.1 Å². The highest BCUT2D eigenvalue weighted by Gasteiger charge is 2.39. The van der Waals surface area contributed by atoms with Gasteiger partial charge in [-0.1, -0.05) is 30.3 Å². The van der Waals surface area contributed by atoms with E-state index in [4.69, 9.17) is 9.97 Å². The van der Waals surface area contributed by atoms with Crippen molar-refractivity contribution in [3.8, 4) is 0 Å². The highest BCUT2D eigenvalue weighted by molar-refractivity contribution is 7.86. The smallest absolute Gasteiger partial charge is 0.282 e. The molecule has 162 valence electrons. The van der Waals surface area contributed by atoms with Crippen molar-refractivity contribution in [2.45, 2.75) is 45.1 Å². The number of nitrogens with zero attached hydrogens (tertiary/aromatic N) is 5. The molecular weight excluding hydrogens is 398 g/mol. The van der Waals surface area contributed by atoms with Crippen LogP contribution in [0.15, 0.2) is 30.3 Å². The van der Waals surface area contributed by atoms with Crippen LogP contribution < -0.4 is 4.90 Å². The Morgan fingerprint density at radius 1 is 1.10 bits per heavy atom. The van der Waals surface area contributed by atoms with E-state index in [1.807, 2.05) is 13.0 Å². The Labute approximate surface area is 179 Å². The monoisotopic (exact) mass is 429 g/mol. The van der Waals surface area contributed by atoms with Crippen molar-refractivity contribution in [1.82, 2.24) is 18.6 Å². The fourth-order valence-electron chi connectivity index (χ4n) is 4.47. The maximum atomic E-state index is 12.8. The third-order valence-electron chi connectivity index (χ3n) is 6.14. The number of benzene rings is 1. The minimum atomic E-state index is -3.49. The van der Waals surface area contributed by atoms with Crippen LogP contribution in [0.3, 0.4) is 0 Å². The van der Waals surface area contributed by atoms with Gasteiger partial charge in [-0.25, -0.2) is 9.97 Å². The zero-order valence-corrected chi connectivity index (χ0v) is 18.9. The number of aromatic nitrogens is 2. The highest BCUT2D eigenvalue weighted by atomic mass is 32.2. The van der Waals surface area contributed by atoms with E-state index in [9.17, 15) is 8.42 Å². The molecule has 0 radical (unpaired) electrons. The molecule has 1 aromatic heterocycles. The molecule has 0 amide bonds. The molecule has 2 aliphatic heterocycles. The first-order valence-electron chi connectivity index (χ1n) is 10.7. The molecule has 7 nitrogen and oxygen atoms in total. The van der Waals surface area contributed by atoms with Crippen LogP contribution >= 0.6 is 0 Å². The summed E-state index contributed by atoms with van der Waals surface area (Å²) < 4.78 is 28.4. The number of hydrogen-bond donors (Lipinski definition) is 0. The summed E-state index contributed by atoms with van der Waals surface area (Å²) in [6, 6.07) is 10.2. The van der Waals surface area contributed by atoms with Gasteiger partial charge in [0.1, 0.15) is 11.6 Å². The number of rotatable bonds is 6. The lowest BCUT2D eigenvalue weighted by molar-refractivity contribution is 0.352. The molecule has 4 rings (SSSR count). The molecule has 1 aromatic carbocycles. The predicted octanol–water partition coefficient (Wildman–Crippen LogP) is 2.72. The van der Waals surface area contributed by atoms with Crippen molar-refractivity contribution in [1.29, 1.82) is 0 Å². The lowest BCUT2D eigenvalue weighted by Crippen LogP contribution is -2.40. The summed E-state index contributed by atoms with van der Waals surface area (Å²) in [6.45, 7) is 4.42. The van der Waals surface area contributed by atoms with E-state index in [-0.39, 0.29) is 6.04 Å². The molecular formula is C22H31N5O2S. The van der Waals surface area contributed by atoms with Crippen LogP contribution in [0.1, 0.15) is 47.9 Å². The quantitative estimate of drug-likeness (QED) is 0.706. The van der Waals surface area contributed by atoms with Gasteiger partial charge in [0.25, 0.3) is 10.2 Å². The first-order chi connectivity index (χ1) is 14.4. The van der Waals surface area contributed by atoms with Crippen molar-refractivity contribution in [2.24, 2.45) is 0 Å². The van der Waals surface area contributed by atoms with Crippen molar-refractivity contribution in [3.05, 3.63) is 53.0 Å². The van der Waals surface area contributed by atoms with Gasteiger partial charge in [0, 0.05) is 45.0 Å². The van der Waals surface area contributed by atoms with Crippen LogP contribution in [0.2, 0.25) is 0 Å². The van der Waals surface area contributed by atoms with E-state index in [2.05, 4.69) is 29.2 Å². The first kappa shape index (κ1) is 21.2. The molecule has 30 heavy (non-hydrogen) atoms. The number of aryl methyl sites for hydroxylation is 1. The van der Waals surface area contributed by atoms with Gasteiger partial charge < -0.3 is 4.90 Å². The Kier molecular flexibility index (Phi) is 6.09. The van der Waals surface area contributed by atoms with E-state index in [0.29, 0.717) is 12.4 Å². The zero-order valence-electron chi connectivity index (χ0n) is 18.1. The van der Waals surface area contributed by atoms with Crippen LogP contribution in [0, 0.1) is 6.92 Å². The third-order valence-corrected chi connectivity index (χ3v) is 8.09. The fourth-order valence-corrected chi connectivity index (χ4v) is 5.77. The molecule has 8 heteroatoms. The summed E-state index contributed by atoms with van der Waals surface area (Å²) in [5.41, 5.74) is 3.50. The summed E-state index contributed by atoms with van der Waals surface area (Å²) in [7, 11) is -0.338. The van der Waals surface area contributed by atoms with E-state index in [1.54, 1.807) is 18.4 Å². The Bertz CT molecular complexity index is 994. The summed E-state index contributed by atoms with van der Waals surface area (Å²) in [5, 5.41) is 0. The number of fused-ring (bicyclic) bond motifs is 1. The molecule has 2 aromatic rings. The summed E-state index contributed by atoms with van der Waals surface area (Å²) in [4.78, 5) is 12.1. The fraction of sp³-hybridized carbons (Fsp3) is 0.545. The standard InChI is InChI=1S/C22H31N5O2S/c1-17-19-11-7-14-26(16-13-18-9-5-4-6-10-18)22(19)24-21(23-17)20-12-8-15-27(20)30(28,29)25(2)3/h4-6,9-10,20H,7-8,11-16H2,1-3H3/t20-/m1/s1.